The Bertz CT molecular complexity index is 870. The van der Waals surface area contributed by atoms with Crippen molar-refractivity contribution in [3.05, 3.63) is 48.0 Å². The molecule has 0 N–H and O–H groups in total. The molecule has 1 fully saturated rings. The molecular weight excluding hydrogens is 301 g/mol. The van der Waals surface area contributed by atoms with Crippen LogP contribution in [0.4, 0.5) is 5.82 Å². The lowest BCUT2D eigenvalue weighted by atomic mass is 10.1. The fraction of sp³-hybridized carbons (Fsp3) is 0.263. The molecule has 3 nitrogen and oxygen atoms in total. The van der Waals surface area contributed by atoms with Gasteiger partial charge in [-0.3, -0.25) is 0 Å². The molecule has 23 heavy (non-hydrogen) atoms. The van der Waals surface area contributed by atoms with Crippen LogP contribution in [0.25, 0.3) is 22.3 Å². The topological polar surface area (TPSA) is 29.0 Å². The van der Waals surface area contributed by atoms with Gasteiger partial charge in [0.15, 0.2) is 5.82 Å². The molecule has 0 amide bonds. The van der Waals surface area contributed by atoms with Crippen LogP contribution in [0.1, 0.15) is 18.4 Å². The van der Waals surface area contributed by atoms with Crippen LogP contribution in [0.5, 0.6) is 0 Å². The molecule has 3 aromatic rings. The molecule has 1 atom stereocenters. The third-order valence-electron chi connectivity index (χ3n) is 4.44. The number of hydrogen-bond acceptors (Lipinski definition) is 3. The number of nitrogens with zero attached hydrogens (tertiary/aromatic N) is 3. The zero-order chi connectivity index (χ0) is 15.8. The van der Waals surface area contributed by atoms with Crippen LogP contribution in [-0.2, 0) is 0 Å². The van der Waals surface area contributed by atoms with Crippen molar-refractivity contribution in [2.24, 2.45) is 0 Å². The van der Waals surface area contributed by atoms with E-state index in [1.54, 1.807) is 0 Å². The number of aryl methyl sites for hydroxylation is 1. The second-order valence-corrected chi connectivity index (χ2v) is 6.79. The lowest BCUT2D eigenvalue weighted by molar-refractivity contribution is 0.941. The minimum atomic E-state index is 0.815. The summed E-state index contributed by atoms with van der Waals surface area (Å²) in [5.41, 5.74) is 3.35. The van der Waals surface area contributed by atoms with Crippen molar-refractivity contribution in [1.29, 1.82) is 0 Å². The molecule has 0 bridgehead atoms. The normalized spacial score (nSPS) is 14.6. The van der Waals surface area contributed by atoms with E-state index in [-0.39, 0.29) is 0 Å². The summed E-state index contributed by atoms with van der Waals surface area (Å²) in [7, 11) is 2.79. The van der Waals surface area contributed by atoms with E-state index in [0.717, 1.165) is 46.5 Å². The number of aromatic nitrogens is 2. The quantitative estimate of drug-likeness (QED) is 0.674. The number of rotatable bonds is 2. The van der Waals surface area contributed by atoms with Crippen molar-refractivity contribution in [3.8, 4) is 11.4 Å². The van der Waals surface area contributed by atoms with Crippen molar-refractivity contribution in [1.82, 2.24) is 9.97 Å². The molecule has 1 unspecified atom stereocenters. The third kappa shape index (κ3) is 2.70. The van der Waals surface area contributed by atoms with Gasteiger partial charge < -0.3 is 4.90 Å². The van der Waals surface area contributed by atoms with Crippen LogP contribution >= 0.6 is 9.24 Å². The Morgan fingerprint density at radius 1 is 1.00 bits per heavy atom. The highest BCUT2D eigenvalue weighted by Crippen LogP contribution is 2.30. The number of benzene rings is 2. The Labute approximate surface area is 139 Å². The van der Waals surface area contributed by atoms with Crippen LogP contribution in [0, 0.1) is 6.92 Å². The second-order valence-electron chi connectivity index (χ2n) is 6.17. The summed E-state index contributed by atoms with van der Waals surface area (Å²) in [4.78, 5) is 12.2. The first-order valence-electron chi connectivity index (χ1n) is 8.10. The van der Waals surface area contributed by atoms with Gasteiger partial charge in [-0.15, -0.1) is 9.24 Å². The molecule has 0 aliphatic carbocycles. The van der Waals surface area contributed by atoms with Crippen molar-refractivity contribution in [3.63, 3.8) is 0 Å². The van der Waals surface area contributed by atoms with E-state index in [1.165, 1.54) is 18.4 Å². The van der Waals surface area contributed by atoms with Crippen LogP contribution < -0.4 is 10.2 Å². The lowest BCUT2D eigenvalue weighted by Gasteiger charge is -2.20. The number of anilines is 1. The Balaban J connectivity index is 1.97. The highest BCUT2D eigenvalue weighted by molar-refractivity contribution is 7.27. The summed E-state index contributed by atoms with van der Waals surface area (Å²) in [5, 5.41) is 2.29. The van der Waals surface area contributed by atoms with Gasteiger partial charge in [0, 0.05) is 24.0 Å². The van der Waals surface area contributed by atoms with Crippen LogP contribution in [0.3, 0.4) is 0 Å². The molecule has 2 heterocycles. The summed E-state index contributed by atoms with van der Waals surface area (Å²) in [5.74, 6) is 1.89. The van der Waals surface area contributed by atoms with E-state index < -0.39 is 0 Å². The van der Waals surface area contributed by atoms with Gasteiger partial charge in [-0.05, 0) is 42.8 Å². The maximum Gasteiger partial charge on any atom is 0.162 e. The Hall–Kier alpha value is -1.99. The molecule has 0 radical (unpaired) electrons. The molecule has 0 spiro atoms. The SMILES string of the molecule is Cc1ccc2c(N3CCCC3)nc(-c3ccccc3P)nc2c1. The Morgan fingerprint density at radius 3 is 2.57 bits per heavy atom. The summed E-state index contributed by atoms with van der Waals surface area (Å²) in [6.45, 7) is 4.28. The summed E-state index contributed by atoms with van der Waals surface area (Å²) >= 11 is 0. The first-order chi connectivity index (χ1) is 11.2. The fourth-order valence-corrected chi connectivity index (χ4v) is 3.55. The van der Waals surface area contributed by atoms with Crippen molar-refractivity contribution >= 4 is 31.3 Å². The van der Waals surface area contributed by atoms with Crippen LogP contribution in [-0.4, -0.2) is 23.1 Å². The zero-order valence-electron chi connectivity index (χ0n) is 13.3. The molecule has 116 valence electrons. The monoisotopic (exact) mass is 321 g/mol. The summed E-state index contributed by atoms with van der Waals surface area (Å²) in [6, 6.07) is 14.7. The molecule has 1 aromatic heterocycles. The van der Waals surface area contributed by atoms with Gasteiger partial charge >= 0.3 is 0 Å². The number of fused-ring (bicyclic) bond motifs is 1. The number of hydrogen-bond donors (Lipinski definition) is 0. The van der Waals surface area contributed by atoms with E-state index >= 15 is 0 Å². The van der Waals surface area contributed by atoms with Crippen molar-refractivity contribution in [2.75, 3.05) is 18.0 Å². The molecule has 1 aliphatic rings. The van der Waals surface area contributed by atoms with Gasteiger partial charge in [0.25, 0.3) is 0 Å². The molecule has 1 saturated heterocycles. The van der Waals surface area contributed by atoms with Gasteiger partial charge in [-0.1, -0.05) is 30.3 Å². The zero-order valence-corrected chi connectivity index (χ0v) is 14.4. The molecule has 1 aliphatic heterocycles. The fourth-order valence-electron chi connectivity index (χ4n) is 3.21. The first kappa shape index (κ1) is 14.6. The first-order valence-corrected chi connectivity index (χ1v) is 8.68. The molecule has 4 heteroatoms. The van der Waals surface area contributed by atoms with Crippen molar-refractivity contribution in [2.45, 2.75) is 19.8 Å². The van der Waals surface area contributed by atoms with E-state index in [9.17, 15) is 0 Å². The predicted molar refractivity (Wildman–Crippen MR) is 101 cm³/mol. The largest absolute Gasteiger partial charge is 0.356 e. The van der Waals surface area contributed by atoms with E-state index in [0.29, 0.717) is 0 Å². The van der Waals surface area contributed by atoms with Gasteiger partial charge in [-0.25, -0.2) is 9.97 Å². The van der Waals surface area contributed by atoms with Crippen molar-refractivity contribution < 1.29 is 0 Å². The second kappa shape index (κ2) is 5.90. The average Bonchev–Trinajstić information content (AvgIpc) is 3.08. The minimum Gasteiger partial charge on any atom is -0.356 e. The maximum atomic E-state index is 4.95. The average molecular weight is 321 g/mol. The third-order valence-corrected chi connectivity index (χ3v) is 4.94. The molecular formula is C19H20N3P. The van der Waals surface area contributed by atoms with E-state index in [1.807, 2.05) is 12.1 Å². The van der Waals surface area contributed by atoms with Gasteiger partial charge in [0.2, 0.25) is 0 Å². The Kier molecular flexibility index (Phi) is 3.74. The smallest absolute Gasteiger partial charge is 0.162 e. The highest BCUT2D eigenvalue weighted by Gasteiger charge is 2.19. The summed E-state index contributed by atoms with van der Waals surface area (Å²) < 4.78 is 0. The van der Waals surface area contributed by atoms with Gasteiger partial charge in [-0.2, -0.15) is 0 Å². The van der Waals surface area contributed by atoms with Gasteiger partial charge in [0.1, 0.15) is 5.82 Å². The highest BCUT2D eigenvalue weighted by atomic mass is 31.0. The van der Waals surface area contributed by atoms with Gasteiger partial charge in [0.05, 0.1) is 5.52 Å². The minimum absolute atomic E-state index is 0.815. The van der Waals surface area contributed by atoms with Crippen LogP contribution in [0.2, 0.25) is 0 Å². The molecule has 4 rings (SSSR count). The summed E-state index contributed by atoms with van der Waals surface area (Å²) in [6.07, 6.45) is 2.49. The maximum absolute atomic E-state index is 4.95. The molecule has 2 aromatic carbocycles. The predicted octanol–water partition coefficient (Wildman–Crippen LogP) is 3.71. The standard InChI is InChI=1S/C19H20N3P/c1-13-8-9-14-16(12-13)20-18(15-6-2-3-7-17(15)23)21-19(14)22-10-4-5-11-22/h2-3,6-9,12H,4-5,10-11,23H2,1H3. The van der Waals surface area contributed by atoms with E-state index in [2.05, 4.69) is 51.4 Å². The molecule has 0 saturated carbocycles. The van der Waals surface area contributed by atoms with E-state index in [4.69, 9.17) is 9.97 Å². The Morgan fingerprint density at radius 2 is 1.78 bits per heavy atom. The van der Waals surface area contributed by atoms with Crippen LogP contribution in [0.15, 0.2) is 42.5 Å². The lowest BCUT2D eigenvalue weighted by Crippen LogP contribution is -2.20.